The third-order valence-corrected chi connectivity index (χ3v) is 6.69. The Morgan fingerprint density at radius 1 is 0.607 bits per heavy atom. The summed E-state index contributed by atoms with van der Waals surface area (Å²) in [5.74, 6) is -6.34. The van der Waals surface area contributed by atoms with Crippen molar-refractivity contribution in [2.45, 2.75) is 102 Å². The molecule has 28 heavy (non-hydrogen) atoms. The lowest BCUT2D eigenvalue weighted by Gasteiger charge is -2.16. The first-order valence-corrected chi connectivity index (χ1v) is 12.1. The smallest absolute Gasteiger partial charge is 0.319 e. The maximum Gasteiger partial charge on any atom is 0.319 e. The minimum atomic E-state index is -1.86. The van der Waals surface area contributed by atoms with Gasteiger partial charge in [-0.05, 0) is 12.6 Å². The van der Waals surface area contributed by atoms with Crippen molar-refractivity contribution >= 4 is 26.5 Å². The van der Waals surface area contributed by atoms with Gasteiger partial charge >= 0.3 is 17.9 Å². The minimum Gasteiger partial charge on any atom is -0.481 e. The summed E-state index contributed by atoms with van der Waals surface area (Å²) in [6.45, 7) is 2.24. The third-order valence-electron chi connectivity index (χ3n) is 5.03. The van der Waals surface area contributed by atoms with Crippen molar-refractivity contribution in [3.05, 3.63) is 0 Å². The van der Waals surface area contributed by atoms with Crippen LogP contribution in [0.3, 0.4) is 0 Å². The molecule has 0 bridgehead atoms. The molecule has 0 aliphatic carbocycles. The molecule has 0 saturated carbocycles. The van der Waals surface area contributed by atoms with E-state index in [4.69, 9.17) is 15.3 Å². The van der Waals surface area contributed by atoms with Crippen LogP contribution in [-0.4, -0.2) is 45.0 Å². The van der Waals surface area contributed by atoms with Crippen molar-refractivity contribution in [2.24, 2.45) is 5.92 Å². The molecule has 0 aromatic heterocycles. The molecule has 0 amide bonds. The van der Waals surface area contributed by atoms with Gasteiger partial charge in [0.15, 0.2) is 5.92 Å². The number of hydrogen-bond donors (Lipinski definition) is 3. The Morgan fingerprint density at radius 2 is 0.964 bits per heavy atom. The van der Waals surface area contributed by atoms with Gasteiger partial charge in [-0.3, -0.25) is 14.4 Å². The van der Waals surface area contributed by atoms with E-state index in [1.807, 2.05) is 0 Å². The molecule has 0 aromatic rings. The molecule has 0 aromatic carbocycles. The molecule has 0 heterocycles. The fraction of sp³-hybridized carbons (Fsp3) is 0.857. The molecule has 0 aliphatic rings. The average Bonchev–Trinajstić information content (AvgIpc) is 2.62. The van der Waals surface area contributed by atoms with Crippen molar-refractivity contribution in [1.29, 1.82) is 0 Å². The summed E-state index contributed by atoms with van der Waals surface area (Å²) in [5.41, 5.74) is -1.34. The summed E-state index contributed by atoms with van der Waals surface area (Å²) in [4.78, 5) is 33.2. The quantitative estimate of drug-likeness (QED) is 0.139. The van der Waals surface area contributed by atoms with Crippen LogP contribution in [0.2, 0.25) is 0 Å². The van der Waals surface area contributed by atoms with Crippen molar-refractivity contribution in [1.82, 2.24) is 0 Å². The highest BCUT2D eigenvalue weighted by atomic mass is 31.1. The molecule has 7 heteroatoms. The molecule has 0 rings (SSSR count). The lowest BCUT2D eigenvalue weighted by molar-refractivity contribution is -0.158. The highest BCUT2D eigenvalue weighted by Gasteiger charge is 2.39. The summed E-state index contributed by atoms with van der Waals surface area (Å²) in [7, 11) is -0.180. The topological polar surface area (TPSA) is 112 Å². The van der Waals surface area contributed by atoms with Gasteiger partial charge in [0.05, 0.1) is 5.66 Å². The molecule has 0 fully saturated rings. The van der Waals surface area contributed by atoms with Crippen LogP contribution in [0.5, 0.6) is 0 Å². The standard InChI is InChI=1S/C21H39O6P/c1-2-3-4-5-6-7-8-9-10-11-12-13-14-15-16-28-18(21(26)27)17(19(22)23)20(24)25/h17-18,28H,2-16H2,1H3,(H,22,23)(H,24,25)(H,26,27). The van der Waals surface area contributed by atoms with E-state index in [1.165, 1.54) is 70.6 Å². The van der Waals surface area contributed by atoms with Crippen LogP contribution in [0.25, 0.3) is 0 Å². The van der Waals surface area contributed by atoms with Crippen LogP contribution in [0.4, 0.5) is 0 Å². The first-order valence-electron chi connectivity index (χ1n) is 10.8. The second-order valence-corrected chi connectivity index (χ2v) is 9.05. The van der Waals surface area contributed by atoms with Crippen molar-refractivity contribution in [3.63, 3.8) is 0 Å². The van der Waals surface area contributed by atoms with Gasteiger partial charge in [-0.1, -0.05) is 90.4 Å². The van der Waals surface area contributed by atoms with Gasteiger partial charge in [0.25, 0.3) is 0 Å². The fourth-order valence-corrected chi connectivity index (χ4v) is 4.78. The van der Waals surface area contributed by atoms with Crippen LogP contribution >= 0.6 is 8.58 Å². The molecular formula is C21H39O6P. The highest BCUT2D eigenvalue weighted by molar-refractivity contribution is 7.40. The largest absolute Gasteiger partial charge is 0.481 e. The Labute approximate surface area is 171 Å². The number of carboxylic acid groups (broad SMARTS) is 3. The zero-order valence-electron chi connectivity index (χ0n) is 17.3. The fourth-order valence-electron chi connectivity index (χ4n) is 3.32. The Balaban J connectivity index is 3.63. The van der Waals surface area contributed by atoms with E-state index in [0.29, 0.717) is 6.16 Å². The maximum atomic E-state index is 11.2. The molecule has 0 saturated heterocycles. The SMILES string of the molecule is CCCCCCCCCCCCCCCCPC(C(=O)O)C(C(=O)O)C(=O)O. The third kappa shape index (κ3) is 13.9. The van der Waals surface area contributed by atoms with E-state index >= 15 is 0 Å². The number of carbonyl (C=O) groups is 3. The summed E-state index contributed by atoms with van der Waals surface area (Å²) in [6, 6.07) is 0. The Kier molecular flexibility index (Phi) is 17.2. The van der Waals surface area contributed by atoms with E-state index in [1.54, 1.807) is 0 Å². The van der Waals surface area contributed by atoms with Gasteiger partial charge in [-0.25, -0.2) is 0 Å². The van der Waals surface area contributed by atoms with E-state index in [0.717, 1.165) is 19.3 Å². The molecule has 2 atom stereocenters. The molecule has 6 nitrogen and oxygen atoms in total. The van der Waals surface area contributed by atoms with Gasteiger partial charge in [-0.2, -0.15) is 0 Å². The lowest BCUT2D eigenvalue weighted by Crippen LogP contribution is -2.37. The van der Waals surface area contributed by atoms with E-state index < -0.39 is 29.5 Å². The summed E-state index contributed by atoms with van der Waals surface area (Å²) >= 11 is 0. The van der Waals surface area contributed by atoms with Crippen LogP contribution in [0.15, 0.2) is 0 Å². The van der Waals surface area contributed by atoms with Crippen LogP contribution < -0.4 is 0 Å². The predicted molar refractivity (Wildman–Crippen MR) is 114 cm³/mol. The summed E-state index contributed by atoms with van der Waals surface area (Å²) in [6.07, 6.45) is 17.9. The molecule has 164 valence electrons. The highest BCUT2D eigenvalue weighted by Crippen LogP contribution is 2.28. The monoisotopic (exact) mass is 418 g/mol. The van der Waals surface area contributed by atoms with Gasteiger partial charge in [-0.15, -0.1) is 8.58 Å². The second-order valence-electron chi connectivity index (χ2n) is 7.52. The lowest BCUT2D eigenvalue weighted by atomic mass is 10.0. The molecule has 0 spiro atoms. The predicted octanol–water partition coefficient (Wildman–Crippen LogP) is 5.38. The van der Waals surface area contributed by atoms with Gasteiger partial charge in [0.1, 0.15) is 0 Å². The number of hydrogen-bond acceptors (Lipinski definition) is 3. The zero-order chi connectivity index (χ0) is 21.2. The van der Waals surface area contributed by atoms with Crippen LogP contribution in [-0.2, 0) is 14.4 Å². The second kappa shape index (κ2) is 17.9. The normalized spacial score (nSPS) is 12.6. The van der Waals surface area contributed by atoms with Gasteiger partial charge in [0.2, 0.25) is 0 Å². The maximum absolute atomic E-state index is 11.2. The van der Waals surface area contributed by atoms with Crippen molar-refractivity contribution in [3.8, 4) is 0 Å². The Hall–Kier alpha value is -1.16. The van der Waals surface area contributed by atoms with Crippen molar-refractivity contribution < 1.29 is 29.7 Å². The van der Waals surface area contributed by atoms with Crippen LogP contribution in [0, 0.1) is 5.92 Å². The molecule has 3 N–H and O–H groups in total. The van der Waals surface area contributed by atoms with E-state index in [2.05, 4.69) is 6.92 Å². The number of rotatable bonds is 20. The van der Waals surface area contributed by atoms with Crippen molar-refractivity contribution in [2.75, 3.05) is 6.16 Å². The minimum absolute atomic E-state index is 0.180. The van der Waals surface area contributed by atoms with Crippen LogP contribution in [0.1, 0.15) is 96.8 Å². The first kappa shape index (κ1) is 26.8. The van der Waals surface area contributed by atoms with Gasteiger partial charge < -0.3 is 15.3 Å². The van der Waals surface area contributed by atoms with E-state index in [-0.39, 0.29) is 8.58 Å². The average molecular weight is 419 g/mol. The summed E-state index contributed by atoms with van der Waals surface area (Å²) < 4.78 is 0. The van der Waals surface area contributed by atoms with E-state index in [9.17, 15) is 14.4 Å². The molecule has 0 radical (unpaired) electrons. The Bertz CT molecular complexity index is 427. The molecule has 0 aliphatic heterocycles. The number of aliphatic carboxylic acids is 3. The Morgan fingerprint density at radius 3 is 1.29 bits per heavy atom. The first-order chi connectivity index (χ1) is 13.4. The molecule has 2 unspecified atom stereocenters. The summed E-state index contributed by atoms with van der Waals surface area (Å²) in [5, 5.41) is 27.0. The zero-order valence-corrected chi connectivity index (χ0v) is 18.3. The molecular weight excluding hydrogens is 379 g/mol. The number of carboxylic acids is 3. The number of unbranched alkanes of at least 4 members (excludes halogenated alkanes) is 13. The van der Waals surface area contributed by atoms with Gasteiger partial charge in [0, 0.05) is 0 Å².